The summed E-state index contributed by atoms with van der Waals surface area (Å²) in [4.78, 5) is 0.818. The molecule has 0 aromatic heterocycles. The first-order valence-corrected chi connectivity index (χ1v) is 8.19. The first-order chi connectivity index (χ1) is 11.0. The smallest absolute Gasteiger partial charge is 0.122 e. The van der Waals surface area contributed by atoms with Crippen LogP contribution in [0.4, 0.5) is 5.69 Å². The van der Waals surface area contributed by atoms with E-state index >= 15 is 0 Å². The Morgan fingerprint density at radius 2 is 2.00 bits per heavy atom. The zero-order valence-electron chi connectivity index (χ0n) is 14.0. The average molecular weight is 325 g/mol. The molecule has 0 atom stereocenters. The van der Waals surface area contributed by atoms with Gasteiger partial charge in [0.25, 0.3) is 0 Å². The summed E-state index contributed by atoms with van der Waals surface area (Å²) in [6.45, 7) is 10.5. The van der Waals surface area contributed by atoms with Crippen molar-refractivity contribution in [1.82, 2.24) is 0 Å². The third kappa shape index (κ3) is 4.67. The molecular weight excluding hydrogens is 302 g/mol. The van der Waals surface area contributed by atoms with Gasteiger partial charge in [-0.3, -0.25) is 0 Å². The molecule has 0 bridgehead atoms. The van der Waals surface area contributed by atoms with E-state index in [1.54, 1.807) is 0 Å². The highest BCUT2D eigenvalue weighted by Gasteiger charge is 2.07. The number of thiocarbonyl (C=S) groups is 1. The number of anilines is 1. The van der Waals surface area contributed by atoms with Crippen molar-refractivity contribution in [2.75, 3.05) is 5.32 Å². The maximum Gasteiger partial charge on any atom is 0.122 e. The Balaban J connectivity index is 2.20. The van der Waals surface area contributed by atoms with E-state index in [1.807, 2.05) is 25.1 Å². The molecule has 23 heavy (non-hydrogen) atoms. The molecule has 0 amide bonds. The molecule has 120 valence electrons. The topological polar surface area (TPSA) is 21.3 Å². The van der Waals surface area contributed by atoms with Gasteiger partial charge in [0.15, 0.2) is 0 Å². The van der Waals surface area contributed by atoms with E-state index in [0.29, 0.717) is 6.61 Å². The van der Waals surface area contributed by atoms with Crippen molar-refractivity contribution in [2.24, 2.45) is 0 Å². The van der Waals surface area contributed by atoms with E-state index in [9.17, 15) is 0 Å². The highest BCUT2D eigenvalue weighted by molar-refractivity contribution is 7.80. The van der Waals surface area contributed by atoms with Crippen molar-refractivity contribution < 1.29 is 4.74 Å². The van der Waals surface area contributed by atoms with Crippen LogP contribution in [-0.2, 0) is 6.61 Å². The molecule has 0 radical (unpaired) electrons. The molecular formula is C20H23NOS. The van der Waals surface area contributed by atoms with Crippen molar-refractivity contribution in [2.45, 2.75) is 33.8 Å². The minimum absolute atomic E-state index is 0.496. The molecule has 2 rings (SSSR count). The van der Waals surface area contributed by atoms with Crippen LogP contribution in [0.15, 0.2) is 43.0 Å². The lowest BCUT2D eigenvalue weighted by Gasteiger charge is -2.15. The van der Waals surface area contributed by atoms with Crippen LogP contribution in [0.1, 0.15) is 35.6 Å². The van der Waals surface area contributed by atoms with Crippen LogP contribution in [0.3, 0.4) is 0 Å². The van der Waals surface area contributed by atoms with E-state index in [-0.39, 0.29) is 0 Å². The number of aryl methyl sites for hydroxylation is 2. The van der Waals surface area contributed by atoms with Gasteiger partial charge in [-0.15, -0.1) is 0 Å². The standard InChI is InChI=1S/C20H23NOS/c1-5-16-8-9-17(18(12-16)21-20(23)6-2)13-22-19-10-7-14(3)11-15(19)4/h5,7-12H,1,6,13H2,2-4H3,(H,21,23). The van der Waals surface area contributed by atoms with Gasteiger partial charge in [-0.1, -0.05) is 61.6 Å². The van der Waals surface area contributed by atoms with Gasteiger partial charge in [-0.2, -0.15) is 0 Å². The highest BCUT2D eigenvalue weighted by Crippen LogP contribution is 2.24. The zero-order valence-corrected chi connectivity index (χ0v) is 14.8. The van der Waals surface area contributed by atoms with Crippen LogP contribution in [-0.4, -0.2) is 4.99 Å². The van der Waals surface area contributed by atoms with Gasteiger partial charge in [0.05, 0.1) is 4.99 Å². The van der Waals surface area contributed by atoms with E-state index < -0.39 is 0 Å². The molecule has 2 aromatic rings. The van der Waals surface area contributed by atoms with Gasteiger partial charge in [-0.05, 0) is 43.5 Å². The van der Waals surface area contributed by atoms with Crippen LogP contribution in [0, 0.1) is 13.8 Å². The highest BCUT2D eigenvalue weighted by atomic mass is 32.1. The van der Waals surface area contributed by atoms with Gasteiger partial charge < -0.3 is 10.1 Å². The summed E-state index contributed by atoms with van der Waals surface area (Å²) in [5.74, 6) is 0.910. The van der Waals surface area contributed by atoms with E-state index in [4.69, 9.17) is 17.0 Å². The quantitative estimate of drug-likeness (QED) is 0.691. The van der Waals surface area contributed by atoms with Gasteiger partial charge >= 0.3 is 0 Å². The molecule has 0 heterocycles. The Kier molecular flexibility index (Phi) is 5.94. The van der Waals surface area contributed by atoms with E-state index in [2.05, 4.69) is 50.0 Å². The van der Waals surface area contributed by atoms with Crippen LogP contribution in [0.2, 0.25) is 0 Å². The summed E-state index contributed by atoms with van der Waals surface area (Å²) in [5.41, 5.74) is 5.50. The summed E-state index contributed by atoms with van der Waals surface area (Å²) in [7, 11) is 0. The third-order valence-electron chi connectivity index (χ3n) is 3.68. The van der Waals surface area contributed by atoms with E-state index in [0.717, 1.165) is 39.5 Å². The summed E-state index contributed by atoms with van der Waals surface area (Å²) >= 11 is 5.31. The number of hydrogen-bond acceptors (Lipinski definition) is 2. The largest absolute Gasteiger partial charge is 0.489 e. The fraction of sp³-hybridized carbons (Fsp3) is 0.250. The molecule has 1 N–H and O–H groups in total. The first-order valence-electron chi connectivity index (χ1n) is 7.78. The fourth-order valence-corrected chi connectivity index (χ4v) is 2.43. The lowest BCUT2D eigenvalue weighted by atomic mass is 10.1. The fourth-order valence-electron chi connectivity index (χ4n) is 2.32. The van der Waals surface area contributed by atoms with Crippen molar-refractivity contribution in [3.8, 4) is 5.75 Å². The second-order valence-electron chi connectivity index (χ2n) is 5.58. The monoisotopic (exact) mass is 325 g/mol. The second-order valence-corrected chi connectivity index (χ2v) is 6.07. The molecule has 0 aliphatic carbocycles. The molecule has 2 nitrogen and oxygen atoms in total. The predicted octanol–water partition coefficient (Wildman–Crippen LogP) is 5.67. The van der Waals surface area contributed by atoms with Crippen molar-refractivity contribution in [3.63, 3.8) is 0 Å². The Morgan fingerprint density at radius 1 is 1.22 bits per heavy atom. The van der Waals surface area contributed by atoms with Crippen molar-refractivity contribution in [3.05, 3.63) is 65.2 Å². The van der Waals surface area contributed by atoms with Crippen LogP contribution in [0.5, 0.6) is 5.75 Å². The molecule has 0 fully saturated rings. The molecule has 0 aliphatic heterocycles. The molecule has 0 unspecified atom stereocenters. The molecule has 2 aromatic carbocycles. The normalized spacial score (nSPS) is 10.2. The average Bonchev–Trinajstić information content (AvgIpc) is 2.54. The Labute approximate surface area is 144 Å². The zero-order chi connectivity index (χ0) is 16.8. The van der Waals surface area contributed by atoms with Crippen LogP contribution >= 0.6 is 12.2 Å². The maximum atomic E-state index is 6.00. The number of rotatable bonds is 6. The van der Waals surface area contributed by atoms with Crippen molar-refractivity contribution >= 4 is 29.0 Å². The van der Waals surface area contributed by atoms with Crippen molar-refractivity contribution in [1.29, 1.82) is 0 Å². The summed E-state index contributed by atoms with van der Waals surface area (Å²) in [5, 5.41) is 3.30. The van der Waals surface area contributed by atoms with E-state index in [1.165, 1.54) is 5.56 Å². The van der Waals surface area contributed by atoms with Crippen LogP contribution < -0.4 is 10.1 Å². The van der Waals surface area contributed by atoms with Gasteiger partial charge in [0.1, 0.15) is 12.4 Å². The number of hydrogen-bond donors (Lipinski definition) is 1. The summed E-state index contributed by atoms with van der Waals surface area (Å²) < 4.78 is 6.00. The molecule has 3 heteroatoms. The minimum atomic E-state index is 0.496. The summed E-state index contributed by atoms with van der Waals surface area (Å²) in [6.07, 6.45) is 2.64. The lowest BCUT2D eigenvalue weighted by molar-refractivity contribution is 0.304. The van der Waals surface area contributed by atoms with Gasteiger partial charge in [0.2, 0.25) is 0 Å². The SMILES string of the molecule is C=Cc1ccc(COc2ccc(C)cc2C)c(NC(=S)CC)c1. The lowest BCUT2D eigenvalue weighted by Crippen LogP contribution is -2.10. The second kappa shape index (κ2) is 7.93. The number of ether oxygens (including phenoxy) is 1. The van der Waals surface area contributed by atoms with Crippen LogP contribution in [0.25, 0.3) is 6.08 Å². The Bertz CT molecular complexity index is 722. The first kappa shape index (κ1) is 17.2. The maximum absolute atomic E-state index is 6.00. The summed E-state index contributed by atoms with van der Waals surface area (Å²) in [6, 6.07) is 12.4. The molecule has 0 aliphatic rings. The molecule has 0 saturated heterocycles. The molecule has 0 saturated carbocycles. The van der Waals surface area contributed by atoms with Gasteiger partial charge in [-0.25, -0.2) is 0 Å². The van der Waals surface area contributed by atoms with Gasteiger partial charge in [0, 0.05) is 11.3 Å². The Morgan fingerprint density at radius 3 is 2.65 bits per heavy atom. The Hall–Kier alpha value is -2.13. The minimum Gasteiger partial charge on any atom is -0.489 e. The number of nitrogens with one attached hydrogen (secondary N) is 1. The predicted molar refractivity (Wildman–Crippen MR) is 103 cm³/mol. The molecule has 0 spiro atoms. The third-order valence-corrected chi connectivity index (χ3v) is 4.07. The number of benzene rings is 2.